The molecule has 1 heterocycles. The van der Waals surface area contributed by atoms with Crippen molar-refractivity contribution in [2.45, 2.75) is 34.6 Å². The van der Waals surface area contributed by atoms with Gasteiger partial charge in [-0.05, 0) is 20.8 Å². The first-order chi connectivity index (χ1) is 5.77. The van der Waals surface area contributed by atoms with Crippen LogP contribution >= 0.6 is 35.3 Å². The largest absolute Gasteiger partial charge is 0.242 e. The van der Waals surface area contributed by atoms with Gasteiger partial charge >= 0.3 is 0 Å². The molecule has 1 nitrogen and oxygen atoms in total. The van der Waals surface area contributed by atoms with Gasteiger partial charge in [-0.15, -0.1) is 35.3 Å². The summed E-state index contributed by atoms with van der Waals surface area (Å²) in [6.07, 6.45) is 4.14. The van der Waals surface area contributed by atoms with Crippen LogP contribution in [0.15, 0.2) is 0 Å². The van der Waals surface area contributed by atoms with Gasteiger partial charge in [-0.1, -0.05) is 26.0 Å². The third kappa shape index (κ3) is 4.76. The van der Waals surface area contributed by atoms with Crippen LogP contribution in [0, 0.1) is 6.92 Å². The van der Waals surface area contributed by atoms with Crippen LogP contribution in [0.5, 0.6) is 0 Å². The first-order valence-corrected chi connectivity index (χ1v) is 5.15. The summed E-state index contributed by atoms with van der Waals surface area (Å²) in [7, 11) is 0. The summed E-state index contributed by atoms with van der Waals surface area (Å²) >= 11 is 1.74. The first kappa shape index (κ1) is 15.6. The predicted octanol–water partition coefficient (Wildman–Crippen LogP) is 2.70. The van der Waals surface area contributed by atoms with Gasteiger partial charge in [0.25, 0.3) is 0 Å². The van der Waals surface area contributed by atoms with Gasteiger partial charge in [-0.3, -0.25) is 0 Å². The summed E-state index contributed by atoms with van der Waals surface area (Å²) in [6.45, 7) is 10.1. The highest BCUT2D eigenvalue weighted by Crippen LogP contribution is 1.89. The van der Waals surface area contributed by atoms with Gasteiger partial charge in [0.15, 0.2) is 0 Å². The van der Waals surface area contributed by atoms with Crippen molar-refractivity contribution in [2.75, 3.05) is 0 Å². The molecule has 76 valence electrons. The maximum absolute atomic E-state index is 4.33. The fourth-order valence-electron chi connectivity index (χ4n) is 0.873. The van der Waals surface area contributed by atoms with Gasteiger partial charge in [-0.25, -0.2) is 4.98 Å². The summed E-state index contributed by atoms with van der Waals surface area (Å²) in [6, 6.07) is 0. The van der Waals surface area contributed by atoms with Gasteiger partial charge in [0.2, 0.25) is 0 Å². The van der Waals surface area contributed by atoms with Crippen LogP contribution in [-0.4, -0.2) is 4.98 Å². The lowest BCUT2D eigenvalue weighted by Gasteiger charge is -1.69. The molecule has 0 unspecified atom stereocenters. The van der Waals surface area contributed by atoms with E-state index in [0.29, 0.717) is 0 Å². The molecule has 0 radical (unpaired) electrons. The minimum absolute atomic E-state index is 0. The normalized spacial score (nSPS) is 11.8. The second kappa shape index (κ2) is 8.69. The SMILES string of the molecule is C/C=c1/nc(C)s/c1=C/C.CC.I. The van der Waals surface area contributed by atoms with Crippen molar-refractivity contribution < 1.29 is 0 Å². The van der Waals surface area contributed by atoms with Crippen molar-refractivity contribution in [3.05, 3.63) is 14.9 Å². The topological polar surface area (TPSA) is 12.9 Å². The molecule has 0 aliphatic rings. The lowest BCUT2D eigenvalue weighted by atomic mass is 10.5. The molecule has 0 aromatic carbocycles. The zero-order chi connectivity index (χ0) is 9.56. The molecule has 0 N–H and O–H groups in total. The molecule has 0 aliphatic carbocycles. The smallest absolute Gasteiger partial charge is 0.0907 e. The number of aryl methyl sites for hydroxylation is 1. The molecular weight excluding hydrogens is 293 g/mol. The molecule has 0 bridgehead atoms. The Morgan fingerprint density at radius 1 is 1.15 bits per heavy atom. The second-order valence-electron chi connectivity index (χ2n) is 2.06. The van der Waals surface area contributed by atoms with Crippen molar-refractivity contribution in [3.8, 4) is 0 Å². The molecule has 0 saturated carbocycles. The van der Waals surface area contributed by atoms with Gasteiger partial charge in [-0.2, -0.15) is 0 Å². The standard InChI is InChI=1S/C8H11NS.C2H6.HI/c1-4-7-8(5-2)10-6(3)9-7;1-2;/h4-5H,1-3H3;1-2H3;1H/b7-4+,8-5+;;. The van der Waals surface area contributed by atoms with E-state index in [0.717, 1.165) is 10.4 Å². The molecule has 13 heavy (non-hydrogen) atoms. The number of hydrogen-bond donors (Lipinski definition) is 0. The Morgan fingerprint density at radius 2 is 1.69 bits per heavy atom. The lowest BCUT2D eigenvalue weighted by Crippen LogP contribution is -2.19. The Bertz CT molecular complexity index is 296. The van der Waals surface area contributed by atoms with E-state index in [-0.39, 0.29) is 24.0 Å². The highest BCUT2D eigenvalue weighted by Gasteiger charge is 1.89. The number of rotatable bonds is 0. The number of nitrogens with zero attached hydrogens (tertiary/aromatic N) is 1. The molecule has 0 saturated heterocycles. The van der Waals surface area contributed by atoms with Gasteiger partial charge in [0.1, 0.15) is 0 Å². The zero-order valence-corrected chi connectivity index (χ0v) is 12.1. The predicted molar refractivity (Wildman–Crippen MR) is 73.1 cm³/mol. The summed E-state index contributed by atoms with van der Waals surface area (Å²) < 4.78 is 1.28. The first-order valence-electron chi connectivity index (χ1n) is 4.34. The summed E-state index contributed by atoms with van der Waals surface area (Å²) in [4.78, 5) is 4.33. The Hall–Kier alpha value is 0.1000. The highest BCUT2D eigenvalue weighted by atomic mass is 127. The third-order valence-electron chi connectivity index (χ3n) is 1.32. The van der Waals surface area contributed by atoms with E-state index < -0.39 is 0 Å². The minimum Gasteiger partial charge on any atom is -0.242 e. The van der Waals surface area contributed by atoms with E-state index in [1.165, 1.54) is 4.53 Å². The van der Waals surface area contributed by atoms with E-state index in [2.05, 4.69) is 11.1 Å². The highest BCUT2D eigenvalue weighted by molar-refractivity contribution is 14.0. The molecule has 0 aliphatic heterocycles. The van der Waals surface area contributed by atoms with Crippen LogP contribution in [0.4, 0.5) is 0 Å². The van der Waals surface area contributed by atoms with Gasteiger partial charge in [0, 0.05) is 4.53 Å². The van der Waals surface area contributed by atoms with Crippen molar-refractivity contribution >= 4 is 47.5 Å². The van der Waals surface area contributed by atoms with Crippen molar-refractivity contribution in [2.24, 2.45) is 0 Å². The van der Waals surface area contributed by atoms with Crippen molar-refractivity contribution in [1.29, 1.82) is 0 Å². The fraction of sp³-hybridized carbons (Fsp3) is 0.500. The molecule has 0 spiro atoms. The molecule has 0 amide bonds. The quantitative estimate of drug-likeness (QED) is 0.671. The maximum Gasteiger partial charge on any atom is 0.0907 e. The monoisotopic (exact) mass is 311 g/mol. The average molecular weight is 311 g/mol. The van der Waals surface area contributed by atoms with Crippen LogP contribution in [0.2, 0.25) is 0 Å². The Balaban J connectivity index is 0. The van der Waals surface area contributed by atoms with Gasteiger partial charge in [0.05, 0.1) is 10.4 Å². The Morgan fingerprint density at radius 3 is 2.00 bits per heavy atom. The number of halogens is 1. The van der Waals surface area contributed by atoms with Crippen molar-refractivity contribution in [3.63, 3.8) is 0 Å². The molecule has 1 aromatic heterocycles. The summed E-state index contributed by atoms with van der Waals surface area (Å²) in [5, 5.41) is 2.26. The van der Waals surface area contributed by atoms with Crippen LogP contribution in [0.3, 0.4) is 0 Å². The van der Waals surface area contributed by atoms with Crippen molar-refractivity contribution in [1.82, 2.24) is 4.98 Å². The van der Waals surface area contributed by atoms with Crippen LogP contribution < -0.4 is 9.88 Å². The number of thiazole rings is 1. The second-order valence-corrected chi connectivity index (χ2v) is 3.29. The summed E-state index contributed by atoms with van der Waals surface area (Å²) in [5.74, 6) is 0. The van der Waals surface area contributed by atoms with Crippen LogP contribution in [0.1, 0.15) is 32.7 Å². The fourth-order valence-corrected chi connectivity index (χ4v) is 1.72. The third-order valence-corrected chi connectivity index (χ3v) is 2.38. The minimum atomic E-state index is 0. The van der Waals surface area contributed by atoms with E-state index in [1.54, 1.807) is 11.3 Å². The van der Waals surface area contributed by atoms with E-state index in [9.17, 15) is 0 Å². The number of aromatic nitrogens is 1. The Kier molecular flexibility index (Phi) is 10.4. The van der Waals surface area contributed by atoms with E-state index in [4.69, 9.17) is 0 Å². The van der Waals surface area contributed by atoms with Crippen LogP contribution in [-0.2, 0) is 0 Å². The Labute approximate surface area is 102 Å². The average Bonchev–Trinajstić information content (AvgIpc) is 2.49. The molecular formula is C10H18INS. The van der Waals surface area contributed by atoms with E-state index >= 15 is 0 Å². The summed E-state index contributed by atoms with van der Waals surface area (Å²) in [5.41, 5.74) is 0. The molecule has 3 heteroatoms. The molecule has 1 aromatic rings. The number of hydrogen-bond acceptors (Lipinski definition) is 2. The molecule has 0 atom stereocenters. The maximum atomic E-state index is 4.33. The lowest BCUT2D eigenvalue weighted by molar-refractivity contribution is 1.23. The zero-order valence-electron chi connectivity index (χ0n) is 8.92. The van der Waals surface area contributed by atoms with Crippen LogP contribution in [0.25, 0.3) is 12.2 Å². The van der Waals surface area contributed by atoms with E-state index in [1.807, 2.05) is 40.7 Å². The van der Waals surface area contributed by atoms with Gasteiger partial charge < -0.3 is 0 Å². The molecule has 1 rings (SSSR count). The molecule has 0 fully saturated rings.